The second-order valence-corrected chi connectivity index (χ2v) is 4.06. The molecule has 0 aliphatic heterocycles. The summed E-state index contributed by atoms with van der Waals surface area (Å²) < 4.78 is 1.58. The first-order chi connectivity index (χ1) is 7.00. The molecule has 2 heterocycles. The van der Waals surface area contributed by atoms with E-state index in [0.717, 1.165) is 11.3 Å². The van der Waals surface area contributed by atoms with Crippen LogP contribution in [0, 0.1) is 20.8 Å². The Morgan fingerprint density at radius 3 is 2.60 bits per heavy atom. The van der Waals surface area contributed by atoms with Crippen LogP contribution in [0.15, 0.2) is 16.9 Å². The molecule has 2 rings (SSSR count). The number of hydrogen-bond acceptors (Lipinski definition) is 2. The predicted molar refractivity (Wildman–Crippen MR) is 60.7 cm³/mol. The first-order valence-electron chi connectivity index (χ1n) is 4.67. The van der Waals surface area contributed by atoms with Crippen molar-refractivity contribution in [1.82, 2.24) is 9.38 Å². The zero-order valence-electron chi connectivity index (χ0n) is 8.84. The number of halogens is 1. The van der Waals surface area contributed by atoms with Gasteiger partial charge in [-0.2, -0.15) is 0 Å². The lowest BCUT2D eigenvalue weighted by Gasteiger charge is -2.07. The summed E-state index contributed by atoms with van der Waals surface area (Å²) in [5, 5.41) is 0.282. The fourth-order valence-corrected chi connectivity index (χ4v) is 1.84. The van der Waals surface area contributed by atoms with Gasteiger partial charge in [0.1, 0.15) is 10.8 Å². The van der Waals surface area contributed by atoms with Crippen molar-refractivity contribution in [2.24, 2.45) is 0 Å². The molecule has 0 amide bonds. The van der Waals surface area contributed by atoms with E-state index in [9.17, 15) is 4.79 Å². The molecule has 3 nitrogen and oxygen atoms in total. The molecule has 0 aliphatic carbocycles. The number of pyridine rings is 1. The van der Waals surface area contributed by atoms with Crippen molar-refractivity contribution in [3.05, 3.63) is 44.5 Å². The minimum Gasteiger partial charge on any atom is -0.269 e. The third-order valence-electron chi connectivity index (χ3n) is 2.42. The molecule has 0 atom stereocenters. The van der Waals surface area contributed by atoms with E-state index in [4.69, 9.17) is 11.6 Å². The molecule has 0 unspecified atom stereocenters. The van der Waals surface area contributed by atoms with E-state index in [1.54, 1.807) is 11.3 Å². The van der Waals surface area contributed by atoms with Crippen LogP contribution in [-0.4, -0.2) is 9.38 Å². The zero-order chi connectivity index (χ0) is 11.2. The van der Waals surface area contributed by atoms with Crippen molar-refractivity contribution in [2.45, 2.75) is 20.8 Å². The highest BCUT2D eigenvalue weighted by Gasteiger charge is 2.08. The molecule has 0 saturated heterocycles. The van der Waals surface area contributed by atoms with Crippen LogP contribution in [0.25, 0.3) is 5.65 Å². The molecule has 4 heteroatoms. The lowest BCUT2D eigenvalue weighted by molar-refractivity contribution is 0.964. The van der Waals surface area contributed by atoms with Gasteiger partial charge in [0, 0.05) is 5.69 Å². The maximum absolute atomic E-state index is 11.9. The number of aryl methyl sites for hydroxylation is 2. The zero-order valence-corrected chi connectivity index (χ0v) is 9.59. The lowest BCUT2D eigenvalue weighted by atomic mass is 10.2. The molecule has 0 bridgehead atoms. The Bertz CT molecular complexity index is 602. The van der Waals surface area contributed by atoms with Gasteiger partial charge in [-0.05, 0) is 38.5 Å². The summed E-state index contributed by atoms with van der Waals surface area (Å²) in [5.74, 6) is 0. The summed E-state index contributed by atoms with van der Waals surface area (Å²) in [5.41, 5.74) is 2.94. The smallest absolute Gasteiger partial charge is 0.262 e. The van der Waals surface area contributed by atoms with E-state index in [1.807, 2.05) is 26.0 Å². The summed E-state index contributed by atoms with van der Waals surface area (Å²) in [6.45, 7) is 5.53. The minimum absolute atomic E-state index is 0.0949. The van der Waals surface area contributed by atoms with Gasteiger partial charge in [0.25, 0.3) is 5.56 Å². The SMILES string of the molecule is Cc1cc(C)n2c(=O)c(C)c(Cl)nc2c1. The number of aromatic nitrogens is 2. The van der Waals surface area contributed by atoms with E-state index in [1.165, 1.54) is 0 Å². The maximum Gasteiger partial charge on any atom is 0.262 e. The van der Waals surface area contributed by atoms with Crippen molar-refractivity contribution in [3.8, 4) is 0 Å². The van der Waals surface area contributed by atoms with Crippen molar-refractivity contribution >= 4 is 17.2 Å². The Morgan fingerprint density at radius 1 is 1.27 bits per heavy atom. The topological polar surface area (TPSA) is 34.4 Å². The summed E-state index contributed by atoms with van der Waals surface area (Å²) >= 11 is 5.87. The number of hydrogen-bond donors (Lipinski definition) is 0. The van der Waals surface area contributed by atoms with Crippen LogP contribution in [0.2, 0.25) is 5.15 Å². The van der Waals surface area contributed by atoms with E-state index >= 15 is 0 Å². The van der Waals surface area contributed by atoms with Gasteiger partial charge in [0.05, 0.1) is 5.56 Å². The van der Waals surface area contributed by atoms with Crippen LogP contribution in [0.4, 0.5) is 0 Å². The molecule has 2 aromatic rings. The summed E-state index contributed by atoms with van der Waals surface area (Å²) in [7, 11) is 0. The maximum atomic E-state index is 11.9. The monoisotopic (exact) mass is 222 g/mol. The lowest BCUT2D eigenvalue weighted by Crippen LogP contribution is -2.20. The molecular formula is C11H11ClN2O. The van der Waals surface area contributed by atoms with Gasteiger partial charge in [-0.15, -0.1) is 0 Å². The van der Waals surface area contributed by atoms with E-state index in [2.05, 4.69) is 4.98 Å². The van der Waals surface area contributed by atoms with Crippen LogP contribution in [-0.2, 0) is 0 Å². The van der Waals surface area contributed by atoms with Crippen LogP contribution >= 0.6 is 11.6 Å². The van der Waals surface area contributed by atoms with E-state index < -0.39 is 0 Å². The normalized spacial score (nSPS) is 10.9. The third kappa shape index (κ3) is 1.53. The molecule has 0 aliphatic rings. The van der Waals surface area contributed by atoms with Gasteiger partial charge in [-0.25, -0.2) is 4.98 Å². The average molecular weight is 223 g/mol. The van der Waals surface area contributed by atoms with Crippen molar-refractivity contribution < 1.29 is 0 Å². The number of fused-ring (bicyclic) bond motifs is 1. The van der Waals surface area contributed by atoms with Gasteiger partial charge in [-0.3, -0.25) is 9.20 Å². The predicted octanol–water partition coefficient (Wildman–Crippen LogP) is 2.27. The molecule has 0 fully saturated rings. The van der Waals surface area contributed by atoms with Gasteiger partial charge in [0.15, 0.2) is 0 Å². The van der Waals surface area contributed by atoms with Crippen molar-refractivity contribution in [1.29, 1.82) is 0 Å². The van der Waals surface area contributed by atoms with Gasteiger partial charge in [-0.1, -0.05) is 11.6 Å². The molecule has 2 aromatic heterocycles. The molecular weight excluding hydrogens is 212 g/mol. The summed E-state index contributed by atoms with van der Waals surface area (Å²) in [6.07, 6.45) is 0. The molecule has 78 valence electrons. The Kier molecular flexibility index (Phi) is 2.27. The molecule has 0 saturated carbocycles. The highest BCUT2D eigenvalue weighted by atomic mass is 35.5. The summed E-state index contributed by atoms with van der Waals surface area (Å²) in [6, 6.07) is 3.79. The van der Waals surface area contributed by atoms with Crippen LogP contribution in [0.1, 0.15) is 16.8 Å². The molecule has 15 heavy (non-hydrogen) atoms. The quantitative estimate of drug-likeness (QED) is 0.641. The molecule has 0 aromatic carbocycles. The highest BCUT2D eigenvalue weighted by Crippen LogP contribution is 2.12. The second-order valence-electron chi connectivity index (χ2n) is 3.70. The number of nitrogens with zero attached hydrogens (tertiary/aromatic N) is 2. The largest absolute Gasteiger partial charge is 0.269 e. The minimum atomic E-state index is -0.0949. The Morgan fingerprint density at radius 2 is 1.93 bits per heavy atom. The standard InChI is InChI=1S/C11H11ClN2O/c1-6-4-7(2)14-9(5-6)13-10(12)8(3)11(14)15/h4-5H,1-3H3. The average Bonchev–Trinajstić information content (AvgIpc) is 2.13. The Labute approximate surface area is 92.3 Å². The fourth-order valence-electron chi connectivity index (χ4n) is 1.67. The Hall–Kier alpha value is -1.35. The van der Waals surface area contributed by atoms with Crippen molar-refractivity contribution in [2.75, 3.05) is 0 Å². The van der Waals surface area contributed by atoms with Crippen molar-refractivity contribution in [3.63, 3.8) is 0 Å². The number of rotatable bonds is 0. The first-order valence-corrected chi connectivity index (χ1v) is 5.04. The van der Waals surface area contributed by atoms with E-state index in [-0.39, 0.29) is 10.7 Å². The molecule has 0 radical (unpaired) electrons. The van der Waals surface area contributed by atoms with Gasteiger partial charge >= 0.3 is 0 Å². The fraction of sp³-hybridized carbons (Fsp3) is 0.273. The van der Waals surface area contributed by atoms with Crippen LogP contribution < -0.4 is 5.56 Å². The van der Waals surface area contributed by atoms with Crippen LogP contribution in [0.5, 0.6) is 0 Å². The first kappa shape index (κ1) is 10.2. The third-order valence-corrected chi connectivity index (χ3v) is 2.79. The highest BCUT2D eigenvalue weighted by molar-refractivity contribution is 6.30. The molecule has 0 N–H and O–H groups in total. The summed E-state index contributed by atoms with van der Waals surface area (Å²) in [4.78, 5) is 16.1. The second kappa shape index (κ2) is 3.35. The molecule has 0 spiro atoms. The van der Waals surface area contributed by atoms with E-state index in [0.29, 0.717) is 11.2 Å². The van der Waals surface area contributed by atoms with Gasteiger partial charge in [0.2, 0.25) is 0 Å². The van der Waals surface area contributed by atoms with Gasteiger partial charge < -0.3 is 0 Å². The Balaban J connectivity index is 3.06. The van der Waals surface area contributed by atoms with Crippen LogP contribution in [0.3, 0.4) is 0 Å².